The fourth-order valence-corrected chi connectivity index (χ4v) is 2.21. The van der Waals surface area contributed by atoms with Crippen LogP contribution < -0.4 is 10.6 Å². The van der Waals surface area contributed by atoms with Gasteiger partial charge < -0.3 is 15.5 Å². The van der Waals surface area contributed by atoms with Crippen molar-refractivity contribution >= 4 is 11.8 Å². The van der Waals surface area contributed by atoms with Crippen LogP contribution in [0.2, 0.25) is 0 Å². The molecule has 2 amide bonds. The van der Waals surface area contributed by atoms with E-state index >= 15 is 0 Å². The molecule has 17 heavy (non-hydrogen) atoms. The zero-order valence-corrected chi connectivity index (χ0v) is 10.1. The topological polar surface area (TPSA) is 64.7 Å². The van der Waals surface area contributed by atoms with Gasteiger partial charge in [0.05, 0.1) is 6.54 Å². The van der Waals surface area contributed by atoms with Gasteiger partial charge in [0, 0.05) is 52.2 Å². The van der Waals surface area contributed by atoms with Gasteiger partial charge >= 0.3 is 0 Å². The molecule has 2 aliphatic rings. The largest absolute Gasteiger partial charge is 0.354 e. The van der Waals surface area contributed by atoms with E-state index in [1.54, 1.807) is 0 Å². The summed E-state index contributed by atoms with van der Waals surface area (Å²) in [6, 6.07) is 0. The molecular weight excluding hydrogens is 220 g/mol. The van der Waals surface area contributed by atoms with Crippen LogP contribution in [0, 0.1) is 0 Å². The molecule has 0 aromatic carbocycles. The Labute approximate surface area is 101 Å². The van der Waals surface area contributed by atoms with Crippen LogP contribution in [0.5, 0.6) is 0 Å². The lowest BCUT2D eigenvalue weighted by Crippen LogP contribution is -2.50. The van der Waals surface area contributed by atoms with Crippen LogP contribution in [0.3, 0.4) is 0 Å². The van der Waals surface area contributed by atoms with Gasteiger partial charge in [-0.1, -0.05) is 0 Å². The van der Waals surface area contributed by atoms with Gasteiger partial charge in [-0.15, -0.1) is 0 Å². The first-order chi connectivity index (χ1) is 8.25. The Morgan fingerprint density at radius 2 is 1.94 bits per heavy atom. The highest BCUT2D eigenvalue weighted by atomic mass is 16.2. The summed E-state index contributed by atoms with van der Waals surface area (Å²) >= 11 is 0. The Morgan fingerprint density at radius 3 is 2.65 bits per heavy atom. The van der Waals surface area contributed by atoms with Gasteiger partial charge in [-0.25, -0.2) is 0 Å². The van der Waals surface area contributed by atoms with E-state index in [9.17, 15) is 9.59 Å². The zero-order valence-electron chi connectivity index (χ0n) is 10.1. The molecule has 0 atom stereocenters. The van der Waals surface area contributed by atoms with E-state index in [0.717, 1.165) is 32.7 Å². The first-order valence-electron chi connectivity index (χ1n) is 6.23. The quantitative estimate of drug-likeness (QED) is 0.613. The van der Waals surface area contributed by atoms with Crippen molar-refractivity contribution in [3.8, 4) is 0 Å². The Balaban J connectivity index is 1.69. The van der Waals surface area contributed by atoms with Crippen molar-refractivity contribution in [3.63, 3.8) is 0 Å². The molecule has 0 unspecified atom stereocenters. The molecule has 2 fully saturated rings. The molecule has 2 rings (SSSR count). The maximum absolute atomic E-state index is 11.9. The van der Waals surface area contributed by atoms with Crippen LogP contribution in [0.4, 0.5) is 0 Å². The van der Waals surface area contributed by atoms with Crippen molar-refractivity contribution in [3.05, 3.63) is 0 Å². The van der Waals surface area contributed by atoms with E-state index in [1.165, 1.54) is 0 Å². The van der Waals surface area contributed by atoms with Crippen molar-refractivity contribution in [1.29, 1.82) is 0 Å². The van der Waals surface area contributed by atoms with Crippen LogP contribution in [0.15, 0.2) is 0 Å². The van der Waals surface area contributed by atoms with Gasteiger partial charge in [0.15, 0.2) is 0 Å². The highest BCUT2D eigenvalue weighted by Crippen LogP contribution is 2.00. The smallest absolute Gasteiger partial charge is 0.234 e. The van der Waals surface area contributed by atoms with E-state index in [2.05, 4.69) is 10.6 Å². The number of carbonyl (C=O) groups is 2. The van der Waals surface area contributed by atoms with Crippen molar-refractivity contribution in [2.24, 2.45) is 0 Å². The summed E-state index contributed by atoms with van der Waals surface area (Å²) in [5.41, 5.74) is 0. The molecule has 0 bridgehead atoms. The summed E-state index contributed by atoms with van der Waals surface area (Å²) in [6.07, 6.45) is 0.521. The van der Waals surface area contributed by atoms with Gasteiger partial charge in [-0.2, -0.15) is 0 Å². The van der Waals surface area contributed by atoms with Crippen LogP contribution in [-0.4, -0.2) is 74.0 Å². The first kappa shape index (κ1) is 12.3. The third-order valence-electron chi connectivity index (χ3n) is 3.23. The average Bonchev–Trinajstić information content (AvgIpc) is 2.37. The maximum atomic E-state index is 11.9. The lowest BCUT2D eigenvalue weighted by Gasteiger charge is -2.30. The number of nitrogens with one attached hydrogen (secondary N) is 2. The van der Waals surface area contributed by atoms with E-state index in [0.29, 0.717) is 26.1 Å². The normalized spacial score (nSPS) is 22.4. The number of piperazine rings is 2. The number of amides is 2. The van der Waals surface area contributed by atoms with Crippen LogP contribution in [0.1, 0.15) is 6.42 Å². The van der Waals surface area contributed by atoms with Gasteiger partial charge in [-0.3, -0.25) is 14.5 Å². The highest BCUT2D eigenvalue weighted by Gasteiger charge is 2.19. The second-order valence-electron chi connectivity index (χ2n) is 4.51. The van der Waals surface area contributed by atoms with E-state index in [-0.39, 0.29) is 11.8 Å². The molecule has 2 heterocycles. The van der Waals surface area contributed by atoms with E-state index < -0.39 is 0 Å². The van der Waals surface area contributed by atoms with Crippen molar-refractivity contribution < 1.29 is 9.59 Å². The molecule has 0 aromatic heterocycles. The molecule has 96 valence electrons. The van der Waals surface area contributed by atoms with E-state index in [4.69, 9.17) is 0 Å². The lowest BCUT2D eigenvalue weighted by molar-refractivity contribution is -0.133. The van der Waals surface area contributed by atoms with Crippen LogP contribution in [0.25, 0.3) is 0 Å². The molecule has 0 aromatic rings. The number of hydrogen-bond acceptors (Lipinski definition) is 4. The van der Waals surface area contributed by atoms with Crippen LogP contribution >= 0.6 is 0 Å². The molecule has 0 aliphatic carbocycles. The minimum absolute atomic E-state index is 0.0610. The summed E-state index contributed by atoms with van der Waals surface area (Å²) < 4.78 is 0. The second-order valence-corrected chi connectivity index (χ2v) is 4.51. The van der Waals surface area contributed by atoms with Crippen LogP contribution in [-0.2, 0) is 9.59 Å². The number of hydrogen-bond donors (Lipinski definition) is 2. The molecule has 0 spiro atoms. The molecule has 0 saturated carbocycles. The Bertz CT molecular complexity index is 289. The summed E-state index contributed by atoms with van der Waals surface area (Å²) in [4.78, 5) is 27.0. The third-order valence-corrected chi connectivity index (χ3v) is 3.23. The molecule has 6 nitrogen and oxygen atoms in total. The zero-order chi connectivity index (χ0) is 12.1. The maximum Gasteiger partial charge on any atom is 0.234 e. The molecule has 0 radical (unpaired) electrons. The van der Waals surface area contributed by atoms with Crippen molar-refractivity contribution in [2.75, 3.05) is 52.4 Å². The summed E-state index contributed by atoms with van der Waals surface area (Å²) in [6.45, 7) is 6.04. The number of nitrogens with zero attached hydrogens (tertiary/aromatic N) is 2. The Morgan fingerprint density at radius 1 is 1.18 bits per heavy atom. The summed E-state index contributed by atoms with van der Waals surface area (Å²) in [5.74, 6) is 0.267. The predicted molar refractivity (Wildman–Crippen MR) is 63.5 cm³/mol. The molecular formula is C11H20N4O2. The number of rotatable bonds is 3. The summed E-state index contributed by atoms with van der Waals surface area (Å²) in [5, 5.41) is 6.00. The SMILES string of the molecule is O=C1CN(CCC(=O)N2CCNCC2)CCN1. The number of carbonyl (C=O) groups excluding carboxylic acids is 2. The van der Waals surface area contributed by atoms with Gasteiger partial charge in [-0.05, 0) is 0 Å². The molecule has 2 N–H and O–H groups in total. The van der Waals surface area contributed by atoms with Crippen molar-refractivity contribution in [2.45, 2.75) is 6.42 Å². The lowest BCUT2D eigenvalue weighted by atomic mass is 10.2. The predicted octanol–water partition coefficient (Wildman–Crippen LogP) is -1.76. The molecule has 2 aliphatic heterocycles. The molecule has 6 heteroatoms. The van der Waals surface area contributed by atoms with Gasteiger partial charge in [0.2, 0.25) is 11.8 Å². The molecule has 2 saturated heterocycles. The average molecular weight is 240 g/mol. The van der Waals surface area contributed by atoms with Crippen molar-refractivity contribution in [1.82, 2.24) is 20.4 Å². The van der Waals surface area contributed by atoms with Gasteiger partial charge in [0.25, 0.3) is 0 Å². The highest BCUT2D eigenvalue weighted by molar-refractivity contribution is 5.79. The fraction of sp³-hybridized carbons (Fsp3) is 0.818. The second kappa shape index (κ2) is 5.97. The minimum Gasteiger partial charge on any atom is -0.354 e. The third kappa shape index (κ3) is 3.67. The standard InChI is InChI=1S/C11H20N4O2/c16-10-9-14(6-4-13-10)5-1-11(17)15-7-2-12-3-8-15/h12H,1-9H2,(H,13,16). The first-order valence-corrected chi connectivity index (χ1v) is 6.23. The Kier molecular flexibility index (Phi) is 4.33. The fourth-order valence-electron chi connectivity index (χ4n) is 2.21. The van der Waals surface area contributed by atoms with Gasteiger partial charge in [0.1, 0.15) is 0 Å². The monoisotopic (exact) mass is 240 g/mol. The summed E-state index contributed by atoms with van der Waals surface area (Å²) in [7, 11) is 0. The van der Waals surface area contributed by atoms with E-state index in [1.807, 2.05) is 9.80 Å². The Hall–Kier alpha value is -1.14. The minimum atomic E-state index is 0.0610.